The van der Waals surface area contributed by atoms with Crippen LogP contribution in [-0.4, -0.2) is 44.2 Å². The molecule has 204 valence electrons. The van der Waals surface area contributed by atoms with Crippen LogP contribution in [0.3, 0.4) is 0 Å². The number of hydrogen-bond acceptors (Lipinski definition) is 8. The zero-order valence-corrected chi connectivity index (χ0v) is 25.5. The van der Waals surface area contributed by atoms with Gasteiger partial charge in [0.1, 0.15) is 17.3 Å². The van der Waals surface area contributed by atoms with Gasteiger partial charge >= 0.3 is 10.1 Å². The number of ether oxygens (including phenoxy) is 2. The van der Waals surface area contributed by atoms with Crippen LogP contribution < -0.4 is 13.7 Å². The molecular weight excluding hydrogens is 700 g/mol. The largest absolute Gasteiger partial charge is 0.490 e. The predicted octanol–water partition coefficient (Wildman–Crippen LogP) is 6.88. The average molecular weight is 720 g/mol. The number of para-hydroxylation sites is 1. The molecule has 1 fully saturated rings. The van der Waals surface area contributed by atoms with E-state index in [9.17, 15) is 18.0 Å². The molecular formula is C26H20Cl2INO7S2. The highest BCUT2D eigenvalue weighted by Gasteiger charge is 2.35. The summed E-state index contributed by atoms with van der Waals surface area (Å²) in [4.78, 5) is 26.7. The van der Waals surface area contributed by atoms with Gasteiger partial charge in [-0.15, -0.1) is 0 Å². The van der Waals surface area contributed by atoms with Crippen molar-refractivity contribution in [3.8, 4) is 17.2 Å². The maximum Gasteiger partial charge on any atom is 0.339 e. The fraction of sp³-hybridized carbons (Fsp3) is 0.154. The summed E-state index contributed by atoms with van der Waals surface area (Å²) in [7, 11) is -4.17. The topological polar surface area (TPSA) is 99.2 Å². The van der Waals surface area contributed by atoms with Crippen molar-refractivity contribution in [2.45, 2.75) is 11.8 Å². The summed E-state index contributed by atoms with van der Waals surface area (Å²) in [5.41, 5.74) is 0.525. The van der Waals surface area contributed by atoms with Crippen LogP contribution in [0, 0.1) is 3.57 Å². The van der Waals surface area contributed by atoms with Crippen molar-refractivity contribution in [3.05, 3.63) is 84.7 Å². The van der Waals surface area contributed by atoms with E-state index in [1.165, 1.54) is 24.3 Å². The lowest BCUT2D eigenvalue weighted by Gasteiger charge is -2.15. The zero-order chi connectivity index (χ0) is 28.2. The first-order valence-corrected chi connectivity index (χ1v) is 15.4. The molecule has 1 saturated heterocycles. The molecule has 2 amide bonds. The Kier molecular flexibility index (Phi) is 9.70. The lowest BCUT2D eigenvalue weighted by molar-refractivity contribution is -0.123. The van der Waals surface area contributed by atoms with Gasteiger partial charge in [0.15, 0.2) is 11.5 Å². The molecule has 0 aromatic heterocycles. The van der Waals surface area contributed by atoms with Crippen molar-refractivity contribution >= 4 is 84.9 Å². The van der Waals surface area contributed by atoms with Gasteiger partial charge in [0.25, 0.3) is 11.1 Å². The number of thioether (sulfide) groups is 1. The minimum absolute atomic E-state index is 0.00868. The van der Waals surface area contributed by atoms with Crippen LogP contribution in [0.2, 0.25) is 10.0 Å². The standard InChI is InChI=1S/C26H20Cl2INO7S2/c1-2-35-22-14-16(13-20(29)24(22)37-39(33,34)18-9-7-17(27)8-10-18)15-23-25(31)30(26(32)38-23)11-12-36-21-6-4-3-5-19(21)28/h3-10,13-15H,2,11-12H2,1H3/b23-15-. The van der Waals surface area contributed by atoms with E-state index < -0.39 is 21.3 Å². The number of rotatable bonds is 10. The van der Waals surface area contributed by atoms with Crippen LogP contribution in [0.5, 0.6) is 17.2 Å². The Bertz CT molecular complexity index is 1550. The first-order valence-electron chi connectivity index (χ1n) is 11.4. The minimum atomic E-state index is -4.17. The molecule has 4 rings (SSSR count). The molecule has 3 aromatic carbocycles. The Morgan fingerprint density at radius 2 is 1.72 bits per heavy atom. The molecule has 39 heavy (non-hydrogen) atoms. The third-order valence-corrected chi connectivity index (χ3v) is 8.72. The van der Waals surface area contributed by atoms with Crippen LogP contribution in [0.25, 0.3) is 6.08 Å². The summed E-state index contributed by atoms with van der Waals surface area (Å²) in [5.74, 6) is 0.168. The Morgan fingerprint density at radius 1 is 1.00 bits per heavy atom. The Labute approximate surface area is 253 Å². The van der Waals surface area contributed by atoms with Gasteiger partial charge in [0, 0.05) is 5.02 Å². The number of halogens is 3. The second-order valence-electron chi connectivity index (χ2n) is 7.87. The summed E-state index contributed by atoms with van der Waals surface area (Å²) >= 11 is 14.7. The van der Waals surface area contributed by atoms with Gasteiger partial charge in [-0.3, -0.25) is 14.5 Å². The van der Waals surface area contributed by atoms with Gasteiger partial charge < -0.3 is 13.7 Å². The van der Waals surface area contributed by atoms with E-state index in [1.54, 1.807) is 49.4 Å². The summed E-state index contributed by atoms with van der Waals surface area (Å²) in [6.45, 7) is 2.10. The molecule has 0 aliphatic carbocycles. The lowest BCUT2D eigenvalue weighted by Crippen LogP contribution is -2.32. The number of carbonyl (C=O) groups is 2. The van der Waals surface area contributed by atoms with Gasteiger partial charge in [-0.05, 0) is 101 Å². The van der Waals surface area contributed by atoms with Gasteiger partial charge in [-0.2, -0.15) is 8.42 Å². The molecule has 3 aromatic rings. The molecule has 8 nitrogen and oxygen atoms in total. The minimum Gasteiger partial charge on any atom is -0.490 e. The monoisotopic (exact) mass is 719 g/mol. The summed E-state index contributed by atoms with van der Waals surface area (Å²) in [6, 6.07) is 15.7. The number of carbonyl (C=O) groups excluding carboxylic acids is 2. The lowest BCUT2D eigenvalue weighted by atomic mass is 10.2. The highest BCUT2D eigenvalue weighted by Crippen LogP contribution is 2.39. The highest BCUT2D eigenvalue weighted by atomic mass is 127. The van der Waals surface area contributed by atoms with Gasteiger partial charge in [0.2, 0.25) is 0 Å². The third-order valence-electron chi connectivity index (χ3n) is 5.21. The van der Waals surface area contributed by atoms with E-state index >= 15 is 0 Å². The molecule has 0 N–H and O–H groups in total. The molecule has 1 heterocycles. The van der Waals surface area contributed by atoms with Crippen molar-refractivity contribution in [2.24, 2.45) is 0 Å². The predicted molar refractivity (Wildman–Crippen MR) is 159 cm³/mol. The number of hydrogen-bond donors (Lipinski definition) is 0. The second-order valence-corrected chi connectivity index (χ2v) is 12.4. The molecule has 0 bridgehead atoms. The maximum atomic E-state index is 12.9. The fourth-order valence-corrected chi connectivity index (χ4v) is 6.45. The van der Waals surface area contributed by atoms with Gasteiger partial charge in [-0.1, -0.05) is 35.3 Å². The second kappa shape index (κ2) is 12.8. The van der Waals surface area contributed by atoms with Crippen molar-refractivity contribution < 1.29 is 31.7 Å². The SMILES string of the molecule is CCOc1cc(/C=C2\SC(=O)N(CCOc3ccccc3Cl)C2=O)cc(I)c1OS(=O)(=O)c1ccc(Cl)cc1. The first-order chi connectivity index (χ1) is 18.6. The smallest absolute Gasteiger partial charge is 0.339 e. The van der Waals surface area contributed by atoms with Crippen LogP contribution in [0.4, 0.5) is 4.79 Å². The number of benzene rings is 3. The Morgan fingerprint density at radius 3 is 2.41 bits per heavy atom. The fourth-order valence-electron chi connectivity index (χ4n) is 3.43. The van der Waals surface area contributed by atoms with Gasteiger partial charge in [0.05, 0.1) is 26.6 Å². The molecule has 0 unspecified atom stereocenters. The molecule has 13 heteroatoms. The third kappa shape index (κ3) is 7.20. The quantitative estimate of drug-likeness (QED) is 0.127. The zero-order valence-electron chi connectivity index (χ0n) is 20.2. The van der Waals surface area contributed by atoms with E-state index in [0.29, 0.717) is 24.9 Å². The molecule has 0 radical (unpaired) electrons. The summed E-state index contributed by atoms with van der Waals surface area (Å²) in [6.07, 6.45) is 1.54. The maximum absolute atomic E-state index is 12.9. The Hall–Kier alpha value is -2.45. The number of imide groups is 1. The number of nitrogens with zero attached hydrogens (tertiary/aromatic N) is 1. The first kappa shape index (κ1) is 29.5. The number of amides is 2. The average Bonchev–Trinajstić information content (AvgIpc) is 3.15. The van der Waals surface area contributed by atoms with Crippen LogP contribution >= 0.6 is 57.6 Å². The molecule has 0 saturated carbocycles. The van der Waals surface area contributed by atoms with Crippen molar-refractivity contribution in [1.82, 2.24) is 4.90 Å². The molecule has 0 atom stereocenters. The molecule has 1 aliphatic heterocycles. The van der Waals surface area contributed by atoms with Gasteiger partial charge in [-0.25, -0.2) is 0 Å². The normalized spacial score (nSPS) is 14.7. The van der Waals surface area contributed by atoms with E-state index in [-0.39, 0.29) is 41.1 Å². The molecule has 1 aliphatic rings. The van der Waals surface area contributed by atoms with E-state index in [4.69, 9.17) is 36.9 Å². The van der Waals surface area contributed by atoms with Crippen molar-refractivity contribution in [1.29, 1.82) is 0 Å². The molecule has 0 spiro atoms. The van der Waals surface area contributed by atoms with E-state index in [1.807, 2.05) is 22.6 Å². The van der Waals surface area contributed by atoms with Crippen molar-refractivity contribution in [2.75, 3.05) is 19.8 Å². The van der Waals surface area contributed by atoms with Crippen LogP contribution in [0.1, 0.15) is 12.5 Å². The Balaban J connectivity index is 1.53. The summed E-state index contributed by atoms with van der Waals surface area (Å²) < 4.78 is 42.8. The van der Waals surface area contributed by atoms with Crippen LogP contribution in [0.15, 0.2) is 70.5 Å². The van der Waals surface area contributed by atoms with Crippen LogP contribution in [-0.2, 0) is 14.9 Å². The van der Waals surface area contributed by atoms with E-state index in [0.717, 1.165) is 16.7 Å². The summed E-state index contributed by atoms with van der Waals surface area (Å²) in [5, 5.41) is 0.391. The highest BCUT2D eigenvalue weighted by molar-refractivity contribution is 14.1. The van der Waals surface area contributed by atoms with E-state index in [2.05, 4.69) is 0 Å². The van der Waals surface area contributed by atoms with Crippen molar-refractivity contribution in [3.63, 3.8) is 0 Å².